The maximum atomic E-state index is 11.7. The van der Waals surface area contributed by atoms with Crippen molar-refractivity contribution in [2.45, 2.75) is 6.23 Å². The molecule has 0 fully saturated rings. The molecule has 2 aromatic rings. The third-order valence-electron chi connectivity index (χ3n) is 3.08. The average Bonchev–Trinajstić information content (AvgIpc) is 2.76. The van der Waals surface area contributed by atoms with Gasteiger partial charge in [0, 0.05) is 11.6 Å². The summed E-state index contributed by atoms with van der Waals surface area (Å²) in [5, 5.41) is 13.9. The summed E-state index contributed by atoms with van der Waals surface area (Å²) in [5.41, 5.74) is 1.40. The van der Waals surface area contributed by atoms with Crippen LogP contribution in [-0.4, -0.2) is 10.9 Å². The molecule has 1 heterocycles. The maximum Gasteiger partial charge on any atom is 0.340 e. The topological polar surface area (TPSA) is 81.5 Å². The van der Waals surface area contributed by atoms with Gasteiger partial charge in [0.05, 0.1) is 10.5 Å². The summed E-state index contributed by atoms with van der Waals surface area (Å²) in [6.45, 7) is 0. The number of nitrogens with zero attached hydrogens (tertiary/aromatic N) is 1. The normalized spacial score (nSPS) is 16.4. The van der Waals surface area contributed by atoms with E-state index in [1.54, 1.807) is 42.5 Å². The summed E-state index contributed by atoms with van der Waals surface area (Å²) in [6.07, 6.45) is -0.709. The monoisotopic (exact) mass is 270 g/mol. The zero-order valence-electron chi connectivity index (χ0n) is 10.3. The first-order chi connectivity index (χ1) is 9.66. The molecule has 0 aliphatic carbocycles. The van der Waals surface area contributed by atoms with Gasteiger partial charge in [0.15, 0.2) is 0 Å². The second-order valence-electron chi connectivity index (χ2n) is 4.29. The summed E-state index contributed by atoms with van der Waals surface area (Å²) >= 11 is 0. The predicted molar refractivity (Wildman–Crippen MR) is 71.3 cm³/mol. The number of anilines is 1. The summed E-state index contributed by atoms with van der Waals surface area (Å²) < 4.78 is 5.20. The van der Waals surface area contributed by atoms with Crippen molar-refractivity contribution < 1.29 is 14.5 Å². The average molecular weight is 270 g/mol. The van der Waals surface area contributed by atoms with Crippen LogP contribution in [0.2, 0.25) is 0 Å². The lowest BCUT2D eigenvalue weighted by molar-refractivity contribution is -0.384. The molecule has 1 aliphatic heterocycles. The first-order valence-corrected chi connectivity index (χ1v) is 5.96. The number of nitrogens with one attached hydrogen (secondary N) is 1. The Morgan fingerprint density at radius 1 is 1.10 bits per heavy atom. The van der Waals surface area contributed by atoms with Gasteiger partial charge < -0.3 is 10.1 Å². The molecule has 1 aliphatic rings. The van der Waals surface area contributed by atoms with Gasteiger partial charge in [-0.15, -0.1) is 0 Å². The summed E-state index contributed by atoms with van der Waals surface area (Å²) in [4.78, 5) is 22.2. The zero-order chi connectivity index (χ0) is 14.1. The number of rotatable bonds is 3. The lowest BCUT2D eigenvalue weighted by Gasteiger charge is -2.14. The van der Waals surface area contributed by atoms with Gasteiger partial charge in [-0.2, -0.15) is 0 Å². The van der Waals surface area contributed by atoms with E-state index >= 15 is 0 Å². The molecule has 0 unspecified atom stereocenters. The highest BCUT2D eigenvalue weighted by Crippen LogP contribution is 2.34. The molecule has 0 radical (unpaired) electrons. The minimum absolute atomic E-state index is 0.0621. The number of cyclic esters (lactones) is 1. The van der Waals surface area contributed by atoms with Gasteiger partial charge in [0.1, 0.15) is 5.69 Å². The van der Waals surface area contributed by atoms with Gasteiger partial charge in [0.25, 0.3) is 5.69 Å². The fraction of sp³-hybridized carbons (Fsp3) is 0.0714. The van der Waals surface area contributed by atoms with Crippen LogP contribution in [0.15, 0.2) is 48.5 Å². The van der Waals surface area contributed by atoms with Crippen LogP contribution in [0.3, 0.4) is 0 Å². The van der Waals surface area contributed by atoms with Crippen molar-refractivity contribution in [3.63, 3.8) is 0 Å². The van der Waals surface area contributed by atoms with Crippen molar-refractivity contribution >= 4 is 17.3 Å². The van der Waals surface area contributed by atoms with Crippen molar-refractivity contribution in [1.82, 2.24) is 0 Å². The van der Waals surface area contributed by atoms with Gasteiger partial charge in [-0.25, -0.2) is 4.79 Å². The van der Waals surface area contributed by atoms with Crippen molar-refractivity contribution in [3.05, 3.63) is 69.8 Å². The molecule has 0 saturated carbocycles. The Labute approximate surface area is 114 Å². The lowest BCUT2D eigenvalue weighted by Crippen LogP contribution is -2.11. The van der Waals surface area contributed by atoms with Crippen LogP contribution in [0.1, 0.15) is 22.1 Å². The quantitative estimate of drug-likeness (QED) is 0.527. The number of para-hydroxylation sites is 2. The number of hydrogen-bond acceptors (Lipinski definition) is 5. The Balaban J connectivity index is 1.94. The first kappa shape index (κ1) is 12.2. The fourth-order valence-electron chi connectivity index (χ4n) is 2.15. The van der Waals surface area contributed by atoms with Gasteiger partial charge in [0.2, 0.25) is 6.23 Å². The second kappa shape index (κ2) is 4.65. The fourth-order valence-corrected chi connectivity index (χ4v) is 2.15. The van der Waals surface area contributed by atoms with Crippen LogP contribution >= 0.6 is 0 Å². The SMILES string of the molecule is O=C1O[C@@H](Nc2ccccc2[N+](=O)[O-])c2ccccc21. The van der Waals surface area contributed by atoms with Crippen LogP contribution < -0.4 is 5.32 Å². The Hall–Kier alpha value is -2.89. The highest BCUT2D eigenvalue weighted by molar-refractivity contribution is 5.94. The van der Waals surface area contributed by atoms with Gasteiger partial charge >= 0.3 is 5.97 Å². The smallest absolute Gasteiger partial charge is 0.340 e. The number of carbonyl (C=O) groups is 1. The van der Waals surface area contributed by atoms with E-state index in [1.807, 2.05) is 0 Å². The summed E-state index contributed by atoms with van der Waals surface area (Å²) in [6, 6.07) is 13.2. The molecule has 3 rings (SSSR count). The molecule has 0 spiro atoms. The number of esters is 1. The number of benzene rings is 2. The van der Waals surface area contributed by atoms with E-state index in [2.05, 4.69) is 5.32 Å². The molecule has 6 heteroatoms. The summed E-state index contributed by atoms with van der Waals surface area (Å²) in [7, 11) is 0. The number of carbonyl (C=O) groups excluding carboxylic acids is 1. The van der Waals surface area contributed by atoms with Crippen LogP contribution in [0.25, 0.3) is 0 Å². The largest absolute Gasteiger partial charge is 0.434 e. The van der Waals surface area contributed by atoms with E-state index in [-0.39, 0.29) is 5.69 Å². The number of ether oxygens (including phenoxy) is 1. The molecule has 100 valence electrons. The molecule has 0 aromatic heterocycles. The van der Waals surface area contributed by atoms with Gasteiger partial charge in [-0.1, -0.05) is 30.3 Å². The highest BCUT2D eigenvalue weighted by atomic mass is 16.6. The minimum atomic E-state index is -0.709. The lowest BCUT2D eigenvalue weighted by atomic mass is 10.1. The molecular formula is C14H10N2O4. The molecular weight excluding hydrogens is 260 g/mol. The minimum Gasteiger partial charge on any atom is -0.434 e. The van der Waals surface area contributed by atoms with E-state index in [1.165, 1.54) is 6.07 Å². The van der Waals surface area contributed by atoms with E-state index in [9.17, 15) is 14.9 Å². The van der Waals surface area contributed by atoms with Crippen molar-refractivity contribution in [2.24, 2.45) is 0 Å². The van der Waals surface area contributed by atoms with Crippen LogP contribution in [-0.2, 0) is 4.74 Å². The predicted octanol–water partition coefficient (Wildman–Crippen LogP) is 2.88. The van der Waals surface area contributed by atoms with Gasteiger partial charge in [-0.3, -0.25) is 10.1 Å². The van der Waals surface area contributed by atoms with E-state index in [0.717, 1.165) is 0 Å². The molecule has 20 heavy (non-hydrogen) atoms. The molecule has 0 saturated heterocycles. The van der Waals surface area contributed by atoms with Gasteiger partial charge in [-0.05, 0) is 12.1 Å². The number of fused-ring (bicyclic) bond motifs is 1. The Morgan fingerprint density at radius 3 is 2.60 bits per heavy atom. The number of nitro benzene ring substituents is 1. The van der Waals surface area contributed by atoms with Crippen LogP contribution in [0.4, 0.5) is 11.4 Å². The molecule has 1 atom stereocenters. The maximum absolute atomic E-state index is 11.7. The second-order valence-corrected chi connectivity index (χ2v) is 4.29. The van der Waals surface area contributed by atoms with E-state index in [4.69, 9.17) is 4.74 Å². The van der Waals surface area contributed by atoms with Crippen LogP contribution in [0.5, 0.6) is 0 Å². The Morgan fingerprint density at radius 2 is 1.80 bits per heavy atom. The van der Waals surface area contributed by atoms with E-state index in [0.29, 0.717) is 16.8 Å². The molecule has 6 nitrogen and oxygen atoms in total. The standard InChI is InChI=1S/C14H10N2O4/c17-14-10-6-2-1-5-9(10)13(20-14)15-11-7-3-4-8-12(11)16(18)19/h1-8,13,15H/t13-/m1/s1. The Kier molecular flexibility index (Phi) is 2.83. The molecule has 2 aromatic carbocycles. The van der Waals surface area contributed by atoms with Crippen molar-refractivity contribution in [1.29, 1.82) is 0 Å². The Bertz CT molecular complexity index is 699. The third-order valence-corrected chi connectivity index (χ3v) is 3.08. The first-order valence-electron chi connectivity index (χ1n) is 5.96. The van der Waals surface area contributed by atoms with E-state index < -0.39 is 17.1 Å². The number of nitro groups is 1. The molecule has 0 amide bonds. The summed E-state index contributed by atoms with van der Waals surface area (Å²) in [5.74, 6) is -0.434. The van der Waals surface area contributed by atoms with Crippen LogP contribution in [0, 0.1) is 10.1 Å². The van der Waals surface area contributed by atoms with Crippen molar-refractivity contribution in [3.8, 4) is 0 Å². The zero-order valence-corrected chi connectivity index (χ0v) is 10.3. The molecule has 1 N–H and O–H groups in total. The molecule has 0 bridgehead atoms. The number of hydrogen-bond donors (Lipinski definition) is 1. The van der Waals surface area contributed by atoms with Crippen molar-refractivity contribution in [2.75, 3.05) is 5.32 Å². The highest BCUT2D eigenvalue weighted by Gasteiger charge is 2.31. The third kappa shape index (κ3) is 1.97.